The van der Waals surface area contributed by atoms with Gasteiger partial charge in [-0.15, -0.1) is 0 Å². The Kier molecular flexibility index (Phi) is 4.32. The van der Waals surface area contributed by atoms with Crippen LogP contribution in [0.3, 0.4) is 0 Å². The Hall–Kier alpha value is -1.86. The third-order valence-electron chi connectivity index (χ3n) is 2.67. The Morgan fingerprint density at radius 1 is 1.56 bits per heavy atom. The van der Waals surface area contributed by atoms with E-state index in [-0.39, 0.29) is 12.5 Å². The molecule has 1 fully saturated rings. The molecule has 1 aromatic heterocycles. The molecular weight excluding hydrogens is 228 g/mol. The molecule has 0 saturated heterocycles. The molecule has 0 atom stereocenters. The van der Waals surface area contributed by atoms with Gasteiger partial charge < -0.3 is 10.4 Å². The third-order valence-corrected chi connectivity index (χ3v) is 2.67. The van der Waals surface area contributed by atoms with Gasteiger partial charge in [-0.05, 0) is 30.9 Å². The fourth-order valence-electron chi connectivity index (χ4n) is 1.58. The van der Waals surface area contributed by atoms with Crippen molar-refractivity contribution >= 4 is 11.7 Å². The van der Waals surface area contributed by atoms with E-state index >= 15 is 0 Å². The summed E-state index contributed by atoms with van der Waals surface area (Å²) in [6, 6.07) is 3.52. The minimum absolute atomic E-state index is 0.0190. The van der Waals surface area contributed by atoms with Crippen molar-refractivity contribution in [1.29, 1.82) is 0 Å². The summed E-state index contributed by atoms with van der Waals surface area (Å²) >= 11 is 0. The molecule has 0 unspecified atom stereocenters. The Bertz CT molecular complexity index is 484. The summed E-state index contributed by atoms with van der Waals surface area (Å²) < 4.78 is 0. The lowest BCUT2D eigenvalue weighted by Gasteiger charge is -2.03. The highest BCUT2D eigenvalue weighted by Gasteiger charge is 2.24. The average molecular weight is 244 g/mol. The first-order valence-corrected chi connectivity index (χ1v) is 6.13. The van der Waals surface area contributed by atoms with E-state index in [0.29, 0.717) is 24.6 Å². The number of carbonyl (C=O) groups excluding carboxylic acids is 1. The number of hydrogen-bond acceptors (Lipinski definition) is 3. The summed E-state index contributed by atoms with van der Waals surface area (Å²) in [7, 11) is 0. The number of carbonyl (C=O) groups is 1. The predicted molar refractivity (Wildman–Crippen MR) is 68.8 cm³/mol. The van der Waals surface area contributed by atoms with Gasteiger partial charge in [-0.2, -0.15) is 0 Å². The number of aliphatic hydroxyl groups excluding tert-OH is 1. The topological polar surface area (TPSA) is 62.2 Å². The van der Waals surface area contributed by atoms with Gasteiger partial charge in [0.05, 0.1) is 6.61 Å². The minimum Gasteiger partial charge on any atom is -0.395 e. The zero-order valence-electron chi connectivity index (χ0n) is 10.1. The lowest BCUT2D eigenvalue weighted by atomic mass is 10.2. The molecule has 4 nitrogen and oxygen atoms in total. The number of amides is 1. The van der Waals surface area contributed by atoms with Crippen molar-refractivity contribution in [3.63, 3.8) is 0 Å². The fraction of sp³-hybridized carbons (Fsp3) is 0.429. The number of nitrogens with one attached hydrogen (secondary N) is 1. The summed E-state index contributed by atoms with van der Waals surface area (Å²) in [5.74, 6) is 6.87. The normalized spacial score (nSPS) is 13.6. The molecule has 1 aromatic rings. The van der Waals surface area contributed by atoms with Crippen molar-refractivity contribution < 1.29 is 9.90 Å². The van der Waals surface area contributed by atoms with Crippen LogP contribution in [-0.4, -0.2) is 22.6 Å². The van der Waals surface area contributed by atoms with E-state index in [1.165, 1.54) is 0 Å². The lowest BCUT2D eigenvalue weighted by Crippen LogP contribution is -2.12. The van der Waals surface area contributed by atoms with Crippen molar-refractivity contribution in [1.82, 2.24) is 4.98 Å². The van der Waals surface area contributed by atoms with Crippen LogP contribution < -0.4 is 5.32 Å². The Balaban J connectivity index is 1.93. The second-order valence-electron chi connectivity index (χ2n) is 4.40. The maximum atomic E-state index is 11.6. The van der Waals surface area contributed by atoms with E-state index in [0.717, 1.165) is 18.4 Å². The molecule has 1 saturated carbocycles. The van der Waals surface area contributed by atoms with Gasteiger partial charge in [-0.3, -0.25) is 4.79 Å². The van der Waals surface area contributed by atoms with Gasteiger partial charge in [0, 0.05) is 24.6 Å². The first kappa shape index (κ1) is 12.6. The van der Waals surface area contributed by atoms with Gasteiger partial charge in [-0.25, -0.2) is 4.98 Å². The van der Waals surface area contributed by atoms with Crippen LogP contribution in [0.5, 0.6) is 0 Å². The molecule has 1 heterocycles. The largest absolute Gasteiger partial charge is 0.395 e. The van der Waals surface area contributed by atoms with Crippen LogP contribution in [0, 0.1) is 17.8 Å². The number of aromatic nitrogens is 1. The number of aliphatic hydroxyl groups is 1. The van der Waals surface area contributed by atoms with Crippen LogP contribution in [-0.2, 0) is 4.79 Å². The average Bonchev–Trinajstić information content (AvgIpc) is 3.13. The lowest BCUT2D eigenvalue weighted by molar-refractivity contribution is -0.116. The van der Waals surface area contributed by atoms with Gasteiger partial charge in [-0.1, -0.05) is 11.8 Å². The van der Waals surface area contributed by atoms with Crippen LogP contribution >= 0.6 is 0 Å². The highest BCUT2D eigenvalue weighted by atomic mass is 16.2. The molecule has 0 spiro atoms. The molecule has 0 aliphatic heterocycles. The molecule has 2 rings (SSSR count). The third kappa shape index (κ3) is 4.19. The van der Waals surface area contributed by atoms with E-state index in [2.05, 4.69) is 22.1 Å². The summed E-state index contributed by atoms with van der Waals surface area (Å²) in [5.41, 5.74) is 0.792. The summed E-state index contributed by atoms with van der Waals surface area (Å²) in [5, 5.41) is 11.4. The highest BCUT2D eigenvalue weighted by Crippen LogP contribution is 2.32. The number of hydrogen-bond donors (Lipinski definition) is 2. The van der Waals surface area contributed by atoms with Crippen LogP contribution in [0.2, 0.25) is 0 Å². The molecule has 4 heteroatoms. The first-order valence-electron chi connectivity index (χ1n) is 6.13. The summed E-state index contributed by atoms with van der Waals surface area (Å²) in [6.07, 6.45) is 4.98. The minimum atomic E-state index is 0.0190. The Morgan fingerprint density at radius 3 is 3.11 bits per heavy atom. The SMILES string of the molecule is O=C(CC1CC1)Nc1cc(C#CCCO)ccn1. The fourth-order valence-corrected chi connectivity index (χ4v) is 1.58. The maximum absolute atomic E-state index is 11.6. The first-order chi connectivity index (χ1) is 8.78. The van der Waals surface area contributed by atoms with Gasteiger partial charge in [0.25, 0.3) is 0 Å². The van der Waals surface area contributed by atoms with E-state index in [9.17, 15) is 4.79 Å². The summed E-state index contributed by atoms with van der Waals surface area (Å²) in [6.45, 7) is 0.0586. The molecule has 2 N–H and O–H groups in total. The monoisotopic (exact) mass is 244 g/mol. The van der Waals surface area contributed by atoms with E-state index in [1.807, 2.05) is 0 Å². The van der Waals surface area contributed by atoms with Crippen molar-refractivity contribution in [3.8, 4) is 11.8 Å². The molecule has 1 aliphatic rings. The van der Waals surface area contributed by atoms with E-state index < -0.39 is 0 Å². The van der Waals surface area contributed by atoms with Crippen molar-refractivity contribution in [2.45, 2.75) is 25.7 Å². The van der Waals surface area contributed by atoms with Gasteiger partial charge in [0.15, 0.2) is 0 Å². The van der Waals surface area contributed by atoms with Gasteiger partial charge in [0.2, 0.25) is 5.91 Å². The number of pyridine rings is 1. The van der Waals surface area contributed by atoms with Crippen LogP contribution in [0.25, 0.3) is 0 Å². The molecule has 0 radical (unpaired) electrons. The number of rotatable bonds is 4. The van der Waals surface area contributed by atoms with Crippen molar-refractivity contribution in [3.05, 3.63) is 23.9 Å². The van der Waals surface area contributed by atoms with Crippen LogP contribution in [0.1, 0.15) is 31.2 Å². The molecule has 1 aliphatic carbocycles. The van der Waals surface area contributed by atoms with E-state index in [1.54, 1.807) is 18.3 Å². The van der Waals surface area contributed by atoms with Crippen molar-refractivity contribution in [2.24, 2.45) is 5.92 Å². The second kappa shape index (κ2) is 6.18. The number of nitrogens with zero attached hydrogens (tertiary/aromatic N) is 1. The molecule has 1 amide bonds. The number of anilines is 1. The smallest absolute Gasteiger partial charge is 0.225 e. The van der Waals surface area contributed by atoms with Crippen LogP contribution in [0.15, 0.2) is 18.3 Å². The van der Waals surface area contributed by atoms with E-state index in [4.69, 9.17) is 5.11 Å². The highest BCUT2D eigenvalue weighted by molar-refractivity contribution is 5.90. The van der Waals surface area contributed by atoms with Crippen LogP contribution in [0.4, 0.5) is 5.82 Å². The summed E-state index contributed by atoms with van der Waals surface area (Å²) in [4.78, 5) is 15.7. The Labute approximate surface area is 106 Å². The standard InChI is InChI=1S/C14H16N2O2/c17-8-2-1-3-11-6-7-15-13(9-11)16-14(18)10-12-4-5-12/h6-7,9,12,17H,2,4-5,8,10H2,(H,15,16,18). The van der Waals surface area contributed by atoms with Crippen molar-refractivity contribution in [2.75, 3.05) is 11.9 Å². The van der Waals surface area contributed by atoms with Gasteiger partial charge >= 0.3 is 0 Å². The van der Waals surface area contributed by atoms with Gasteiger partial charge in [0.1, 0.15) is 5.82 Å². The molecule has 0 aromatic carbocycles. The quantitative estimate of drug-likeness (QED) is 0.790. The Morgan fingerprint density at radius 2 is 2.39 bits per heavy atom. The molecule has 94 valence electrons. The zero-order valence-corrected chi connectivity index (χ0v) is 10.1. The molecule has 18 heavy (non-hydrogen) atoms. The predicted octanol–water partition coefficient (Wildman–Crippen LogP) is 1.55. The molecule has 0 bridgehead atoms. The zero-order chi connectivity index (χ0) is 12.8. The molecular formula is C14H16N2O2. The maximum Gasteiger partial charge on any atom is 0.225 e. The second-order valence-corrected chi connectivity index (χ2v) is 4.40.